The normalized spacial score (nSPS) is 16.9. The third-order valence-electron chi connectivity index (χ3n) is 5.28. The lowest BCUT2D eigenvalue weighted by molar-refractivity contribution is -0.482. The van der Waals surface area contributed by atoms with Crippen LogP contribution in [0, 0.1) is 5.92 Å². The molecule has 0 heterocycles. The maximum atomic E-state index is 13.8. The zero-order valence-electron chi connectivity index (χ0n) is 18.3. The average Bonchev–Trinajstić information content (AvgIpc) is 2.77. The maximum absolute atomic E-state index is 13.8. The van der Waals surface area contributed by atoms with Gasteiger partial charge in [0, 0.05) is 5.92 Å². The molecular weight excluding hydrogens is 719 g/mol. The van der Waals surface area contributed by atoms with E-state index in [4.69, 9.17) is 0 Å². The van der Waals surface area contributed by atoms with Crippen molar-refractivity contribution in [3.05, 3.63) is 0 Å². The third-order valence-corrected chi connectivity index (χ3v) is 6.16. The molecule has 0 aliphatic carbocycles. The molecule has 0 radical (unpaired) electrons. The molecule has 42 heavy (non-hydrogen) atoms. The van der Waals surface area contributed by atoms with Crippen LogP contribution in [-0.2, 0) is 0 Å². The Labute approximate surface area is 224 Å². The first kappa shape index (κ1) is 40.9. The standard InChI is InChI=1S/C15H7F25S2/c16-4(17,3(1-41)2-42)5(18,19)6(20,21)7(22,23)8(24,25)9(26,27)10(28,29)11(30,31)12(32,33)13(34,35)14(36,37)15(38,39)40/h3,41-42H,1-2H2. The van der Waals surface area contributed by atoms with Crippen molar-refractivity contribution < 1.29 is 110 Å². The first-order chi connectivity index (χ1) is 17.8. The number of rotatable bonds is 13. The molecule has 0 aliphatic heterocycles. The Bertz CT molecular complexity index is 957. The van der Waals surface area contributed by atoms with Crippen molar-refractivity contribution in [2.75, 3.05) is 11.5 Å². The zero-order valence-corrected chi connectivity index (χ0v) is 20.1. The molecule has 0 nitrogen and oxygen atoms in total. The van der Waals surface area contributed by atoms with Crippen molar-refractivity contribution in [3.8, 4) is 0 Å². The van der Waals surface area contributed by atoms with E-state index in [2.05, 4.69) is 25.3 Å². The summed E-state index contributed by atoms with van der Waals surface area (Å²) in [5.41, 5.74) is 0. The van der Waals surface area contributed by atoms with Crippen LogP contribution in [0.25, 0.3) is 0 Å². The highest BCUT2D eigenvalue weighted by Gasteiger charge is 2.99. The molecule has 0 aliphatic rings. The number of halogens is 25. The van der Waals surface area contributed by atoms with Crippen LogP contribution < -0.4 is 0 Å². The molecule has 0 rings (SSSR count). The van der Waals surface area contributed by atoms with Crippen molar-refractivity contribution >= 4 is 25.3 Å². The molecule has 0 saturated heterocycles. The molecule has 0 aromatic rings. The summed E-state index contributed by atoms with van der Waals surface area (Å²) in [6, 6.07) is 0. The van der Waals surface area contributed by atoms with E-state index in [-0.39, 0.29) is 0 Å². The van der Waals surface area contributed by atoms with Crippen LogP contribution >= 0.6 is 25.3 Å². The highest BCUT2D eigenvalue weighted by molar-refractivity contribution is 7.81. The van der Waals surface area contributed by atoms with E-state index < -0.39 is 88.7 Å². The van der Waals surface area contributed by atoms with Crippen molar-refractivity contribution in [3.63, 3.8) is 0 Å². The number of hydrogen-bond donors (Lipinski definition) is 2. The molecule has 0 aromatic carbocycles. The van der Waals surface area contributed by atoms with E-state index in [1.165, 1.54) is 0 Å². The first-order valence-corrected chi connectivity index (χ1v) is 10.5. The van der Waals surface area contributed by atoms with Crippen LogP contribution in [-0.4, -0.2) is 82.8 Å². The van der Waals surface area contributed by atoms with E-state index in [1.54, 1.807) is 0 Å². The van der Waals surface area contributed by atoms with Gasteiger partial charge in [0.05, 0.1) is 0 Å². The summed E-state index contributed by atoms with van der Waals surface area (Å²) in [5.74, 6) is -105. The summed E-state index contributed by atoms with van der Waals surface area (Å²) in [7, 11) is 0. The van der Waals surface area contributed by atoms with Crippen molar-refractivity contribution in [1.82, 2.24) is 0 Å². The summed E-state index contributed by atoms with van der Waals surface area (Å²) in [4.78, 5) is 0. The molecule has 254 valence electrons. The highest BCUT2D eigenvalue weighted by Crippen LogP contribution is 2.68. The molecular formula is C15H7F25S2. The van der Waals surface area contributed by atoms with Crippen LogP contribution in [0.2, 0.25) is 0 Å². The van der Waals surface area contributed by atoms with Crippen LogP contribution in [0.3, 0.4) is 0 Å². The van der Waals surface area contributed by atoms with Crippen molar-refractivity contribution in [1.29, 1.82) is 0 Å². The fraction of sp³-hybridized carbons (Fsp3) is 1.00. The van der Waals surface area contributed by atoms with Gasteiger partial charge in [-0.1, -0.05) is 0 Å². The molecule has 0 atom stereocenters. The van der Waals surface area contributed by atoms with E-state index in [1.807, 2.05) is 0 Å². The lowest BCUT2D eigenvalue weighted by Gasteiger charge is -2.46. The van der Waals surface area contributed by atoms with Gasteiger partial charge in [-0.3, -0.25) is 0 Å². The SMILES string of the molecule is FC(F)(F)C(F)(F)C(F)(F)C(F)(F)C(F)(F)C(F)(F)C(F)(F)C(F)(F)C(F)(F)C(F)(F)C(F)(F)C(F)(F)C(CS)CS. The number of hydrogen-bond acceptors (Lipinski definition) is 2. The zero-order chi connectivity index (χ0) is 35.0. The minimum atomic E-state index is -9.59. The maximum Gasteiger partial charge on any atom is 0.460 e. The Morgan fingerprint density at radius 1 is 0.286 bits per heavy atom. The molecule has 0 saturated carbocycles. The predicted molar refractivity (Wildman–Crippen MR) is 91.7 cm³/mol. The fourth-order valence-corrected chi connectivity index (χ4v) is 3.43. The third kappa shape index (κ3) is 4.81. The van der Waals surface area contributed by atoms with Gasteiger partial charge in [-0.2, -0.15) is 135 Å². The first-order valence-electron chi connectivity index (χ1n) is 9.21. The van der Waals surface area contributed by atoms with E-state index in [0.717, 1.165) is 0 Å². The smallest absolute Gasteiger partial charge is 0.199 e. The molecule has 0 N–H and O–H groups in total. The lowest BCUT2D eigenvalue weighted by Crippen LogP contribution is -2.78. The predicted octanol–water partition coefficient (Wildman–Crippen LogP) is 9.01. The largest absolute Gasteiger partial charge is 0.460 e. The minimum Gasteiger partial charge on any atom is -0.199 e. The van der Waals surface area contributed by atoms with Gasteiger partial charge >= 0.3 is 71.3 Å². The van der Waals surface area contributed by atoms with Gasteiger partial charge in [-0.15, -0.1) is 0 Å². The Morgan fingerprint density at radius 3 is 0.619 bits per heavy atom. The van der Waals surface area contributed by atoms with Gasteiger partial charge in [-0.25, -0.2) is 0 Å². The Kier molecular flexibility index (Phi) is 10.2. The van der Waals surface area contributed by atoms with Crippen LogP contribution in [0.1, 0.15) is 0 Å². The highest BCUT2D eigenvalue weighted by atomic mass is 32.1. The Balaban J connectivity index is 7.38. The van der Waals surface area contributed by atoms with Crippen LogP contribution in [0.15, 0.2) is 0 Å². The molecule has 0 bridgehead atoms. The fourth-order valence-electron chi connectivity index (χ4n) is 2.51. The molecule has 0 amide bonds. The summed E-state index contributed by atoms with van der Waals surface area (Å²) >= 11 is 5.70. The van der Waals surface area contributed by atoms with E-state index in [9.17, 15) is 110 Å². The van der Waals surface area contributed by atoms with Gasteiger partial charge in [0.2, 0.25) is 0 Å². The summed E-state index contributed by atoms with van der Waals surface area (Å²) in [6.45, 7) is 0. The van der Waals surface area contributed by atoms with Gasteiger partial charge in [0.15, 0.2) is 0 Å². The second-order valence-electron chi connectivity index (χ2n) is 7.93. The number of alkyl halides is 25. The number of thiol groups is 2. The van der Waals surface area contributed by atoms with Gasteiger partial charge in [0.25, 0.3) is 0 Å². The average molecular weight is 726 g/mol. The molecule has 0 spiro atoms. The summed E-state index contributed by atoms with van der Waals surface area (Å²) < 4.78 is 334. The monoisotopic (exact) mass is 726 g/mol. The van der Waals surface area contributed by atoms with E-state index >= 15 is 0 Å². The second kappa shape index (κ2) is 10.5. The Hall–Kier alpha value is -1.05. The van der Waals surface area contributed by atoms with Gasteiger partial charge in [0.1, 0.15) is 0 Å². The molecule has 0 aromatic heterocycles. The minimum absolute atomic E-state index is 1.80. The van der Waals surface area contributed by atoms with E-state index in [0.29, 0.717) is 0 Å². The molecule has 27 heteroatoms. The van der Waals surface area contributed by atoms with Crippen LogP contribution in [0.5, 0.6) is 0 Å². The quantitative estimate of drug-likeness (QED) is 0.138. The molecule has 0 fully saturated rings. The second-order valence-corrected chi connectivity index (χ2v) is 8.66. The van der Waals surface area contributed by atoms with Crippen LogP contribution in [0.4, 0.5) is 110 Å². The summed E-state index contributed by atoms with van der Waals surface area (Å²) in [6.07, 6.45) is -8.17. The van der Waals surface area contributed by atoms with Crippen molar-refractivity contribution in [2.45, 2.75) is 71.3 Å². The topological polar surface area (TPSA) is 0 Å². The van der Waals surface area contributed by atoms with Gasteiger partial charge in [-0.05, 0) is 11.5 Å². The molecule has 0 unspecified atom stereocenters. The Morgan fingerprint density at radius 2 is 0.452 bits per heavy atom. The van der Waals surface area contributed by atoms with Gasteiger partial charge < -0.3 is 0 Å². The summed E-state index contributed by atoms with van der Waals surface area (Å²) in [5, 5.41) is 0. The van der Waals surface area contributed by atoms with Crippen molar-refractivity contribution in [2.24, 2.45) is 5.92 Å². The lowest BCUT2D eigenvalue weighted by atomic mass is 9.83.